The molecule has 2 atom stereocenters. The molecule has 1 unspecified atom stereocenters. The zero-order valence-electron chi connectivity index (χ0n) is 14.0. The fourth-order valence-corrected chi connectivity index (χ4v) is 1.74. The molecule has 1 amide bonds. The van der Waals surface area contributed by atoms with Crippen LogP contribution in [0.1, 0.15) is 48.0 Å². The fourth-order valence-electron chi connectivity index (χ4n) is 1.74. The lowest BCUT2D eigenvalue weighted by Gasteiger charge is -2.25. The Bertz CT molecular complexity index is 438. The molecule has 0 aliphatic carbocycles. The van der Waals surface area contributed by atoms with Crippen molar-refractivity contribution in [2.45, 2.75) is 59.6 Å². The first-order valence-electron chi connectivity index (χ1n) is 7.15. The smallest absolute Gasteiger partial charge is 0.329 e. The molecule has 0 rings (SSSR count). The number of esters is 2. The molecule has 0 fully saturated rings. The van der Waals surface area contributed by atoms with Crippen molar-refractivity contribution in [2.75, 3.05) is 6.61 Å². The number of amides is 1. The van der Waals surface area contributed by atoms with Gasteiger partial charge in [0.2, 0.25) is 5.91 Å². The van der Waals surface area contributed by atoms with Crippen LogP contribution in [-0.2, 0) is 28.7 Å². The molecule has 7 nitrogen and oxygen atoms in total. The van der Waals surface area contributed by atoms with Crippen LogP contribution in [0.4, 0.5) is 0 Å². The van der Waals surface area contributed by atoms with Gasteiger partial charge in [0.1, 0.15) is 23.3 Å². The van der Waals surface area contributed by atoms with Gasteiger partial charge in [-0.15, -0.1) is 0 Å². The second-order valence-electron chi connectivity index (χ2n) is 5.94. The Labute approximate surface area is 130 Å². The van der Waals surface area contributed by atoms with Gasteiger partial charge in [0, 0.05) is 6.92 Å². The van der Waals surface area contributed by atoms with Crippen molar-refractivity contribution in [3.63, 3.8) is 0 Å². The Hall–Kier alpha value is -1.92. The molecule has 126 valence electrons. The number of hydrogen-bond acceptors (Lipinski definition) is 6. The second kappa shape index (κ2) is 8.51. The lowest BCUT2D eigenvalue weighted by atomic mass is 9.96. The Balaban J connectivity index is 5.16. The monoisotopic (exact) mass is 315 g/mol. The molecule has 0 bridgehead atoms. The van der Waals surface area contributed by atoms with Gasteiger partial charge in [0.15, 0.2) is 0 Å². The van der Waals surface area contributed by atoms with Gasteiger partial charge in [0.05, 0.1) is 6.61 Å². The lowest BCUT2D eigenvalue weighted by molar-refractivity contribution is -0.160. The van der Waals surface area contributed by atoms with Crippen LogP contribution in [0.3, 0.4) is 0 Å². The molecule has 0 aliphatic rings. The van der Waals surface area contributed by atoms with E-state index in [1.165, 1.54) is 13.8 Å². The van der Waals surface area contributed by atoms with E-state index < -0.39 is 41.2 Å². The number of carbonyl (C=O) groups is 4. The number of hydrogen-bond donors (Lipinski definition) is 1. The third-order valence-corrected chi connectivity index (χ3v) is 2.60. The number of Topliss-reactive ketones (excluding diaryl/α,β-unsaturated/α-hetero) is 1. The molecule has 1 N–H and O–H groups in total. The Kier molecular flexibility index (Phi) is 7.76. The number of ketones is 1. The van der Waals surface area contributed by atoms with Gasteiger partial charge in [-0.3, -0.25) is 14.4 Å². The van der Waals surface area contributed by atoms with Crippen molar-refractivity contribution >= 4 is 23.6 Å². The third kappa shape index (κ3) is 7.75. The van der Waals surface area contributed by atoms with Crippen LogP contribution >= 0.6 is 0 Å². The Morgan fingerprint density at radius 1 is 1.05 bits per heavy atom. The predicted octanol–water partition coefficient (Wildman–Crippen LogP) is 0.991. The maximum Gasteiger partial charge on any atom is 0.329 e. The quantitative estimate of drug-likeness (QED) is 0.555. The fraction of sp³-hybridized carbons (Fsp3) is 0.733. The zero-order valence-corrected chi connectivity index (χ0v) is 14.0. The van der Waals surface area contributed by atoms with Crippen molar-refractivity contribution in [1.29, 1.82) is 0 Å². The number of carbonyl (C=O) groups excluding carboxylic acids is 4. The molecular formula is C15H25NO6. The maximum atomic E-state index is 12.1. The van der Waals surface area contributed by atoms with Crippen LogP contribution in [0.25, 0.3) is 0 Å². The molecule has 0 radical (unpaired) electrons. The molecule has 0 aromatic rings. The van der Waals surface area contributed by atoms with E-state index in [4.69, 9.17) is 9.47 Å². The normalized spacial score (nSPS) is 13.7. The number of nitrogens with one attached hydrogen (secondary N) is 1. The molecule has 0 aliphatic heterocycles. The Morgan fingerprint density at radius 3 is 1.95 bits per heavy atom. The van der Waals surface area contributed by atoms with Crippen molar-refractivity contribution < 1.29 is 28.7 Å². The molecule has 0 aromatic carbocycles. The van der Waals surface area contributed by atoms with Crippen molar-refractivity contribution in [1.82, 2.24) is 5.32 Å². The summed E-state index contributed by atoms with van der Waals surface area (Å²) in [6.07, 6.45) is -0.192. The summed E-state index contributed by atoms with van der Waals surface area (Å²) >= 11 is 0. The summed E-state index contributed by atoms with van der Waals surface area (Å²) in [6.45, 7) is 9.27. The predicted molar refractivity (Wildman–Crippen MR) is 78.9 cm³/mol. The average Bonchev–Trinajstić information content (AvgIpc) is 2.31. The summed E-state index contributed by atoms with van der Waals surface area (Å²) in [7, 11) is 0. The molecule has 0 saturated carbocycles. The summed E-state index contributed by atoms with van der Waals surface area (Å²) in [5.41, 5.74) is -0.747. The minimum atomic E-state index is -1.12. The van der Waals surface area contributed by atoms with E-state index in [1.54, 1.807) is 27.7 Å². The molecule has 7 heteroatoms. The van der Waals surface area contributed by atoms with E-state index in [0.29, 0.717) is 0 Å². The number of rotatable bonds is 7. The van der Waals surface area contributed by atoms with Crippen LogP contribution in [0.2, 0.25) is 0 Å². The van der Waals surface area contributed by atoms with Gasteiger partial charge in [-0.1, -0.05) is 0 Å². The highest BCUT2D eigenvalue weighted by molar-refractivity contribution is 5.98. The Morgan fingerprint density at radius 2 is 1.59 bits per heavy atom. The first-order chi connectivity index (χ1) is 9.97. The van der Waals surface area contributed by atoms with E-state index in [2.05, 4.69) is 5.32 Å². The van der Waals surface area contributed by atoms with Gasteiger partial charge in [-0.05, 0) is 41.0 Å². The largest absolute Gasteiger partial charge is 0.465 e. The van der Waals surface area contributed by atoms with Crippen molar-refractivity contribution in [3.05, 3.63) is 0 Å². The van der Waals surface area contributed by atoms with Crippen molar-refractivity contribution in [3.8, 4) is 0 Å². The summed E-state index contributed by atoms with van der Waals surface area (Å²) in [5.74, 6) is -3.42. The average molecular weight is 315 g/mol. The second-order valence-corrected chi connectivity index (χ2v) is 5.94. The van der Waals surface area contributed by atoms with Crippen molar-refractivity contribution in [2.24, 2.45) is 5.92 Å². The molecule has 22 heavy (non-hydrogen) atoms. The van der Waals surface area contributed by atoms with Crippen LogP contribution in [0.15, 0.2) is 0 Å². The van der Waals surface area contributed by atoms with Gasteiger partial charge >= 0.3 is 11.9 Å². The van der Waals surface area contributed by atoms with Crippen LogP contribution in [0.5, 0.6) is 0 Å². The summed E-state index contributed by atoms with van der Waals surface area (Å²) in [4.78, 5) is 46.8. The zero-order chi connectivity index (χ0) is 17.5. The minimum absolute atomic E-state index is 0.125. The van der Waals surface area contributed by atoms with Crippen LogP contribution in [0, 0.1) is 5.92 Å². The van der Waals surface area contributed by atoms with Crippen LogP contribution in [-0.4, -0.2) is 41.9 Å². The van der Waals surface area contributed by atoms with Crippen LogP contribution < -0.4 is 5.32 Å². The molecule has 0 heterocycles. The van der Waals surface area contributed by atoms with Gasteiger partial charge < -0.3 is 14.8 Å². The molecule has 0 spiro atoms. The van der Waals surface area contributed by atoms with Gasteiger partial charge in [-0.2, -0.15) is 0 Å². The highest BCUT2D eigenvalue weighted by atomic mass is 16.6. The maximum absolute atomic E-state index is 12.1. The topological polar surface area (TPSA) is 98.8 Å². The standard InChI is InChI=1S/C15H25NO6/c1-7-21-13(19)11(9(2)17)8-12(16-10(3)18)14(20)22-15(4,5)6/h11-12H,7-8H2,1-6H3,(H,16,18)/t11?,12-/m0/s1. The SMILES string of the molecule is CCOC(=O)C(C[C@H](NC(C)=O)C(=O)OC(C)(C)C)C(C)=O. The van der Waals surface area contributed by atoms with E-state index in [-0.39, 0.29) is 13.0 Å². The highest BCUT2D eigenvalue weighted by Gasteiger charge is 2.34. The highest BCUT2D eigenvalue weighted by Crippen LogP contribution is 2.15. The lowest BCUT2D eigenvalue weighted by Crippen LogP contribution is -2.46. The summed E-state index contributed by atoms with van der Waals surface area (Å²) in [6, 6.07) is -1.09. The summed E-state index contributed by atoms with van der Waals surface area (Å²) < 4.78 is 10.0. The van der Waals surface area contributed by atoms with E-state index >= 15 is 0 Å². The molecule has 0 saturated heterocycles. The van der Waals surface area contributed by atoms with E-state index in [0.717, 1.165) is 0 Å². The van der Waals surface area contributed by atoms with Gasteiger partial charge in [-0.25, -0.2) is 4.79 Å². The number of ether oxygens (including phenoxy) is 2. The third-order valence-electron chi connectivity index (χ3n) is 2.60. The van der Waals surface area contributed by atoms with E-state index in [9.17, 15) is 19.2 Å². The van der Waals surface area contributed by atoms with Gasteiger partial charge in [0.25, 0.3) is 0 Å². The summed E-state index contributed by atoms with van der Waals surface area (Å²) in [5, 5.41) is 2.41. The first-order valence-corrected chi connectivity index (χ1v) is 7.15. The first kappa shape index (κ1) is 20.1. The van der Waals surface area contributed by atoms with E-state index in [1.807, 2.05) is 0 Å². The molecular weight excluding hydrogens is 290 g/mol. The minimum Gasteiger partial charge on any atom is -0.465 e. The molecule has 0 aromatic heterocycles.